The van der Waals surface area contributed by atoms with E-state index in [9.17, 15) is 0 Å². The quantitative estimate of drug-likeness (QED) is 0.530. The summed E-state index contributed by atoms with van der Waals surface area (Å²) in [4.78, 5) is 16.0. The van der Waals surface area contributed by atoms with Crippen LogP contribution >= 0.6 is 12.4 Å². The standard InChI is InChI=1S/C22H28N6.ClH/c1-6-28(7-2)22-26-20(23-18-11-9-8-10-16(18)4)25-21(27-22)24-19-14-15(3)12-13-17(19)5;/h8-14H,6-7H2,1-5H3,(H2,23,24,25,26,27);1H. The van der Waals surface area contributed by atoms with E-state index in [1.165, 1.54) is 5.56 Å². The summed E-state index contributed by atoms with van der Waals surface area (Å²) in [7, 11) is 0. The molecule has 0 unspecified atom stereocenters. The summed E-state index contributed by atoms with van der Waals surface area (Å²) in [6, 6.07) is 14.4. The van der Waals surface area contributed by atoms with E-state index in [0.717, 1.165) is 35.6 Å². The molecule has 0 radical (unpaired) electrons. The van der Waals surface area contributed by atoms with Crippen molar-refractivity contribution in [3.8, 4) is 0 Å². The monoisotopic (exact) mass is 412 g/mol. The fraction of sp³-hybridized carbons (Fsp3) is 0.318. The van der Waals surface area contributed by atoms with E-state index < -0.39 is 0 Å². The maximum Gasteiger partial charge on any atom is 0.233 e. The molecule has 1 aromatic heterocycles. The van der Waals surface area contributed by atoms with Crippen molar-refractivity contribution in [3.63, 3.8) is 0 Å². The molecule has 0 bridgehead atoms. The van der Waals surface area contributed by atoms with Crippen LogP contribution in [0.25, 0.3) is 0 Å². The molecule has 0 atom stereocenters. The second-order valence-corrected chi connectivity index (χ2v) is 6.84. The third kappa shape index (κ3) is 5.57. The molecule has 0 aliphatic rings. The predicted octanol–water partition coefficient (Wildman–Crippen LogP) is 5.55. The van der Waals surface area contributed by atoms with Gasteiger partial charge in [-0.25, -0.2) is 0 Å². The van der Waals surface area contributed by atoms with Crippen molar-refractivity contribution in [2.75, 3.05) is 28.6 Å². The summed E-state index contributed by atoms with van der Waals surface area (Å²) in [5.74, 6) is 1.71. The normalized spacial score (nSPS) is 10.2. The van der Waals surface area contributed by atoms with Gasteiger partial charge in [-0.3, -0.25) is 0 Å². The predicted molar refractivity (Wildman–Crippen MR) is 124 cm³/mol. The van der Waals surface area contributed by atoms with Gasteiger partial charge in [0.25, 0.3) is 0 Å². The number of aryl methyl sites for hydroxylation is 3. The zero-order valence-electron chi connectivity index (χ0n) is 17.7. The van der Waals surface area contributed by atoms with E-state index >= 15 is 0 Å². The summed E-state index contributed by atoms with van der Waals surface area (Å²) in [6.07, 6.45) is 0. The number of nitrogens with one attached hydrogen (secondary N) is 2. The molecule has 1 heterocycles. The maximum absolute atomic E-state index is 4.66. The number of hydrogen-bond donors (Lipinski definition) is 2. The van der Waals surface area contributed by atoms with Gasteiger partial charge in [0.2, 0.25) is 17.8 Å². The Morgan fingerprint density at radius 3 is 1.97 bits per heavy atom. The van der Waals surface area contributed by atoms with Gasteiger partial charge in [0.05, 0.1) is 0 Å². The van der Waals surface area contributed by atoms with E-state index in [1.54, 1.807) is 0 Å². The highest BCUT2D eigenvalue weighted by Crippen LogP contribution is 2.24. The van der Waals surface area contributed by atoms with Crippen LogP contribution in [0.4, 0.5) is 29.2 Å². The Hall–Kier alpha value is -2.86. The first-order chi connectivity index (χ1) is 13.5. The summed E-state index contributed by atoms with van der Waals surface area (Å²) in [6.45, 7) is 12.1. The van der Waals surface area contributed by atoms with Crippen LogP contribution in [-0.4, -0.2) is 28.0 Å². The summed E-state index contributed by atoms with van der Waals surface area (Å²) in [5.41, 5.74) is 5.44. The average Bonchev–Trinajstić information content (AvgIpc) is 2.67. The average molecular weight is 413 g/mol. The minimum atomic E-state index is 0. The van der Waals surface area contributed by atoms with Crippen molar-refractivity contribution < 1.29 is 0 Å². The number of rotatable bonds is 7. The first-order valence-corrected chi connectivity index (χ1v) is 9.68. The van der Waals surface area contributed by atoms with Crippen molar-refractivity contribution >= 4 is 41.6 Å². The number of anilines is 5. The van der Waals surface area contributed by atoms with E-state index in [2.05, 4.69) is 89.4 Å². The van der Waals surface area contributed by atoms with Gasteiger partial charge in [0.1, 0.15) is 0 Å². The molecular formula is C22H29ClN6. The highest BCUT2D eigenvalue weighted by molar-refractivity contribution is 5.85. The first-order valence-electron chi connectivity index (χ1n) is 9.68. The Balaban J connectivity index is 0.00000300. The van der Waals surface area contributed by atoms with Gasteiger partial charge in [0.15, 0.2) is 0 Å². The lowest BCUT2D eigenvalue weighted by Gasteiger charge is -2.20. The summed E-state index contributed by atoms with van der Waals surface area (Å²) >= 11 is 0. The Labute approximate surface area is 179 Å². The van der Waals surface area contributed by atoms with Gasteiger partial charge >= 0.3 is 0 Å². The molecule has 7 heteroatoms. The first kappa shape index (κ1) is 22.4. The van der Waals surface area contributed by atoms with Crippen molar-refractivity contribution in [1.29, 1.82) is 0 Å². The van der Waals surface area contributed by atoms with E-state index in [-0.39, 0.29) is 12.4 Å². The van der Waals surface area contributed by atoms with Crippen molar-refractivity contribution in [2.45, 2.75) is 34.6 Å². The second kappa shape index (κ2) is 10.1. The van der Waals surface area contributed by atoms with E-state index in [0.29, 0.717) is 17.8 Å². The summed E-state index contributed by atoms with van der Waals surface area (Å²) in [5, 5.41) is 6.71. The molecule has 0 spiro atoms. The zero-order valence-corrected chi connectivity index (χ0v) is 18.5. The Morgan fingerprint density at radius 1 is 0.759 bits per heavy atom. The van der Waals surface area contributed by atoms with Crippen molar-refractivity contribution in [1.82, 2.24) is 15.0 Å². The number of halogens is 1. The largest absolute Gasteiger partial charge is 0.341 e. The van der Waals surface area contributed by atoms with Crippen LogP contribution in [0.5, 0.6) is 0 Å². The minimum Gasteiger partial charge on any atom is -0.341 e. The molecule has 0 saturated heterocycles. The molecule has 0 aliphatic carbocycles. The van der Waals surface area contributed by atoms with Crippen LogP contribution in [0.15, 0.2) is 42.5 Å². The van der Waals surface area contributed by atoms with Gasteiger partial charge in [-0.05, 0) is 63.4 Å². The third-order valence-corrected chi connectivity index (χ3v) is 4.70. The number of benzene rings is 2. The van der Waals surface area contributed by atoms with E-state index in [1.807, 2.05) is 18.2 Å². The molecule has 29 heavy (non-hydrogen) atoms. The van der Waals surface area contributed by atoms with Gasteiger partial charge in [-0.15, -0.1) is 12.4 Å². The lowest BCUT2D eigenvalue weighted by atomic mass is 10.1. The molecule has 2 aromatic carbocycles. The second-order valence-electron chi connectivity index (χ2n) is 6.84. The van der Waals surface area contributed by atoms with Crippen LogP contribution in [0, 0.1) is 20.8 Å². The highest BCUT2D eigenvalue weighted by atomic mass is 35.5. The topological polar surface area (TPSA) is 66.0 Å². The van der Waals surface area contributed by atoms with Crippen LogP contribution in [-0.2, 0) is 0 Å². The molecule has 0 fully saturated rings. The number of aromatic nitrogens is 3. The van der Waals surface area contributed by atoms with Crippen LogP contribution < -0.4 is 15.5 Å². The van der Waals surface area contributed by atoms with Gasteiger partial charge in [-0.2, -0.15) is 15.0 Å². The molecule has 0 amide bonds. The number of hydrogen-bond acceptors (Lipinski definition) is 6. The Kier molecular flexibility index (Phi) is 7.79. The van der Waals surface area contributed by atoms with Crippen LogP contribution in [0.1, 0.15) is 30.5 Å². The fourth-order valence-corrected chi connectivity index (χ4v) is 2.95. The maximum atomic E-state index is 4.66. The number of nitrogens with zero attached hydrogens (tertiary/aromatic N) is 4. The Morgan fingerprint density at radius 2 is 1.34 bits per heavy atom. The zero-order chi connectivity index (χ0) is 20.1. The third-order valence-electron chi connectivity index (χ3n) is 4.70. The molecule has 3 rings (SSSR count). The smallest absolute Gasteiger partial charge is 0.233 e. The Bertz CT molecular complexity index is 956. The molecule has 154 valence electrons. The molecule has 0 aliphatic heterocycles. The van der Waals surface area contributed by atoms with Crippen molar-refractivity contribution in [2.24, 2.45) is 0 Å². The van der Waals surface area contributed by atoms with E-state index in [4.69, 9.17) is 0 Å². The molecule has 2 N–H and O–H groups in total. The lowest BCUT2D eigenvalue weighted by Crippen LogP contribution is -2.25. The molecule has 0 saturated carbocycles. The molecule has 6 nitrogen and oxygen atoms in total. The van der Waals surface area contributed by atoms with Gasteiger partial charge in [-0.1, -0.05) is 30.3 Å². The van der Waals surface area contributed by atoms with Crippen LogP contribution in [0.2, 0.25) is 0 Å². The molecule has 3 aromatic rings. The highest BCUT2D eigenvalue weighted by Gasteiger charge is 2.13. The SMILES string of the molecule is CCN(CC)c1nc(Nc2ccccc2C)nc(Nc2cc(C)ccc2C)n1.Cl. The summed E-state index contributed by atoms with van der Waals surface area (Å²) < 4.78 is 0. The van der Waals surface area contributed by atoms with Crippen LogP contribution in [0.3, 0.4) is 0 Å². The van der Waals surface area contributed by atoms with Gasteiger partial charge in [0, 0.05) is 24.5 Å². The van der Waals surface area contributed by atoms with Crippen molar-refractivity contribution in [3.05, 3.63) is 59.2 Å². The molecular weight excluding hydrogens is 384 g/mol. The number of para-hydroxylation sites is 1. The lowest BCUT2D eigenvalue weighted by molar-refractivity contribution is 0.815. The fourth-order valence-electron chi connectivity index (χ4n) is 2.95. The van der Waals surface area contributed by atoms with Gasteiger partial charge < -0.3 is 15.5 Å². The minimum absolute atomic E-state index is 0.